The smallest absolute Gasteiger partial charge is 0.144 e. The number of aryl methyl sites for hydroxylation is 2. The number of nitrogens with zero attached hydrogens (tertiary/aromatic N) is 3. The molecular formula is C11H13N3OS. The predicted octanol–water partition coefficient (Wildman–Crippen LogP) is 1.91. The molecular weight excluding hydrogens is 222 g/mol. The van der Waals surface area contributed by atoms with Gasteiger partial charge in [-0.15, -0.1) is 11.3 Å². The van der Waals surface area contributed by atoms with Crippen LogP contribution in [0.3, 0.4) is 0 Å². The van der Waals surface area contributed by atoms with Gasteiger partial charge in [-0.25, -0.2) is 4.98 Å². The van der Waals surface area contributed by atoms with Crippen molar-refractivity contribution >= 4 is 11.3 Å². The minimum absolute atomic E-state index is 0.377. The van der Waals surface area contributed by atoms with E-state index in [1.54, 1.807) is 16.0 Å². The summed E-state index contributed by atoms with van der Waals surface area (Å²) < 4.78 is 1.77. The van der Waals surface area contributed by atoms with Gasteiger partial charge in [0.05, 0.1) is 11.8 Å². The Morgan fingerprint density at radius 2 is 2.44 bits per heavy atom. The van der Waals surface area contributed by atoms with E-state index in [9.17, 15) is 5.11 Å². The Balaban J connectivity index is 2.04. The van der Waals surface area contributed by atoms with E-state index in [1.807, 2.05) is 19.3 Å². The summed E-state index contributed by atoms with van der Waals surface area (Å²) in [5.74, 6) is 0. The van der Waals surface area contributed by atoms with Gasteiger partial charge < -0.3 is 5.11 Å². The third kappa shape index (κ3) is 1.56. The third-order valence-corrected chi connectivity index (χ3v) is 4.01. The highest BCUT2D eigenvalue weighted by Gasteiger charge is 2.23. The van der Waals surface area contributed by atoms with Crippen LogP contribution >= 0.6 is 11.3 Å². The average Bonchev–Trinajstić information content (AvgIpc) is 2.84. The number of aliphatic hydroxyl groups excluding tert-OH is 1. The van der Waals surface area contributed by atoms with Crippen molar-refractivity contribution < 1.29 is 5.11 Å². The Hall–Kier alpha value is -1.20. The van der Waals surface area contributed by atoms with E-state index in [-0.39, 0.29) is 6.10 Å². The maximum absolute atomic E-state index is 9.85. The number of rotatable bonds is 1. The molecule has 1 unspecified atom stereocenters. The molecule has 0 aromatic carbocycles. The van der Waals surface area contributed by atoms with Gasteiger partial charge in [0.2, 0.25) is 0 Å². The molecule has 0 spiro atoms. The second-order valence-electron chi connectivity index (χ2n) is 4.11. The topological polar surface area (TPSA) is 50.9 Å². The van der Waals surface area contributed by atoms with Crippen LogP contribution < -0.4 is 0 Å². The summed E-state index contributed by atoms with van der Waals surface area (Å²) in [7, 11) is 1.89. The van der Waals surface area contributed by atoms with Crippen LogP contribution in [-0.4, -0.2) is 19.9 Å². The summed E-state index contributed by atoms with van der Waals surface area (Å²) in [6, 6.07) is 1.96. The fraction of sp³-hybridized carbons (Fsp3) is 0.455. The Kier molecular flexibility index (Phi) is 2.29. The SMILES string of the molecule is Cn1ccc(-c2nc3c(s2)CCCC3O)n1. The third-order valence-electron chi connectivity index (χ3n) is 2.86. The minimum Gasteiger partial charge on any atom is -0.387 e. The summed E-state index contributed by atoms with van der Waals surface area (Å²) in [5.41, 5.74) is 1.77. The van der Waals surface area contributed by atoms with E-state index in [0.29, 0.717) is 0 Å². The zero-order chi connectivity index (χ0) is 11.1. The van der Waals surface area contributed by atoms with Gasteiger partial charge in [0.15, 0.2) is 0 Å². The number of aromatic nitrogens is 3. The lowest BCUT2D eigenvalue weighted by Gasteiger charge is -2.14. The van der Waals surface area contributed by atoms with Crippen LogP contribution in [0.5, 0.6) is 0 Å². The molecule has 3 rings (SSSR count). The van der Waals surface area contributed by atoms with Gasteiger partial charge in [-0.05, 0) is 25.3 Å². The van der Waals surface area contributed by atoms with Crippen molar-refractivity contribution in [3.63, 3.8) is 0 Å². The Morgan fingerprint density at radius 3 is 3.12 bits per heavy atom. The zero-order valence-corrected chi connectivity index (χ0v) is 9.87. The molecule has 0 radical (unpaired) electrons. The highest BCUT2D eigenvalue weighted by molar-refractivity contribution is 7.15. The molecule has 0 fully saturated rings. The van der Waals surface area contributed by atoms with Crippen molar-refractivity contribution in [2.75, 3.05) is 0 Å². The van der Waals surface area contributed by atoms with Crippen molar-refractivity contribution in [2.45, 2.75) is 25.4 Å². The van der Waals surface area contributed by atoms with Gasteiger partial charge in [-0.2, -0.15) is 5.10 Å². The van der Waals surface area contributed by atoms with Gasteiger partial charge >= 0.3 is 0 Å². The van der Waals surface area contributed by atoms with Gasteiger partial charge in [0, 0.05) is 18.1 Å². The van der Waals surface area contributed by atoms with Gasteiger partial charge in [0.25, 0.3) is 0 Å². The zero-order valence-electron chi connectivity index (χ0n) is 9.05. The first kappa shape index (κ1) is 9.99. The van der Waals surface area contributed by atoms with Crippen molar-refractivity contribution in [3.8, 4) is 10.7 Å². The maximum Gasteiger partial charge on any atom is 0.144 e. The monoisotopic (exact) mass is 235 g/mol. The molecule has 1 aliphatic rings. The number of aliphatic hydroxyl groups is 1. The molecule has 2 aromatic rings. The van der Waals surface area contributed by atoms with Crippen molar-refractivity contribution in [3.05, 3.63) is 22.8 Å². The van der Waals surface area contributed by atoms with E-state index >= 15 is 0 Å². The molecule has 0 saturated heterocycles. The fourth-order valence-electron chi connectivity index (χ4n) is 2.03. The lowest BCUT2D eigenvalue weighted by molar-refractivity contribution is 0.153. The lowest BCUT2D eigenvalue weighted by atomic mass is 10.0. The molecule has 1 N–H and O–H groups in total. The van der Waals surface area contributed by atoms with Crippen LogP contribution in [0.2, 0.25) is 0 Å². The summed E-state index contributed by atoms with van der Waals surface area (Å²) in [6.45, 7) is 0. The van der Waals surface area contributed by atoms with E-state index in [2.05, 4.69) is 10.1 Å². The van der Waals surface area contributed by atoms with Crippen LogP contribution in [0.15, 0.2) is 12.3 Å². The van der Waals surface area contributed by atoms with Gasteiger partial charge in [-0.1, -0.05) is 0 Å². The molecule has 2 aromatic heterocycles. The molecule has 2 heterocycles. The molecule has 0 bridgehead atoms. The highest BCUT2D eigenvalue weighted by atomic mass is 32.1. The average molecular weight is 235 g/mol. The summed E-state index contributed by atoms with van der Waals surface area (Å²) in [6.07, 6.45) is 4.46. The first-order chi connectivity index (χ1) is 7.74. The Morgan fingerprint density at radius 1 is 1.56 bits per heavy atom. The van der Waals surface area contributed by atoms with E-state index in [1.165, 1.54) is 4.88 Å². The number of hydrogen-bond donors (Lipinski definition) is 1. The minimum atomic E-state index is -0.377. The molecule has 16 heavy (non-hydrogen) atoms. The van der Waals surface area contributed by atoms with E-state index in [0.717, 1.165) is 35.7 Å². The van der Waals surface area contributed by atoms with Crippen LogP contribution in [0.1, 0.15) is 29.5 Å². The van der Waals surface area contributed by atoms with Gasteiger partial charge in [-0.3, -0.25) is 4.68 Å². The normalized spacial score (nSPS) is 19.8. The van der Waals surface area contributed by atoms with Crippen LogP contribution in [0, 0.1) is 0 Å². The summed E-state index contributed by atoms with van der Waals surface area (Å²) >= 11 is 1.66. The molecule has 0 saturated carbocycles. The first-order valence-electron chi connectivity index (χ1n) is 5.42. The van der Waals surface area contributed by atoms with Crippen LogP contribution in [-0.2, 0) is 13.5 Å². The first-order valence-corrected chi connectivity index (χ1v) is 6.23. The van der Waals surface area contributed by atoms with Crippen LogP contribution in [0.25, 0.3) is 10.7 Å². The molecule has 5 heteroatoms. The van der Waals surface area contributed by atoms with Crippen molar-refractivity contribution in [1.29, 1.82) is 0 Å². The predicted molar refractivity (Wildman–Crippen MR) is 62.2 cm³/mol. The standard InChI is InChI=1S/C11H13N3OS/c1-14-6-5-7(13-14)11-12-10-8(15)3-2-4-9(10)16-11/h5-6,8,15H,2-4H2,1H3. The molecule has 84 valence electrons. The largest absolute Gasteiger partial charge is 0.387 e. The summed E-state index contributed by atoms with van der Waals surface area (Å²) in [5, 5.41) is 15.1. The van der Waals surface area contributed by atoms with Crippen molar-refractivity contribution in [1.82, 2.24) is 14.8 Å². The van der Waals surface area contributed by atoms with Crippen LogP contribution in [0.4, 0.5) is 0 Å². The maximum atomic E-state index is 9.85. The molecule has 1 atom stereocenters. The quantitative estimate of drug-likeness (QED) is 0.821. The Bertz CT molecular complexity index is 517. The second kappa shape index (κ2) is 3.68. The number of thiazole rings is 1. The molecule has 1 aliphatic carbocycles. The molecule has 0 amide bonds. The lowest BCUT2D eigenvalue weighted by Crippen LogP contribution is -2.07. The number of fused-ring (bicyclic) bond motifs is 1. The molecule has 0 aliphatic heterocycles. The van der Waals surface area contributed by atoms with Gasteiger partial charge in [0.1, 0.15) is 10.7 Å². The highest BCUT2D eigenvalue weighted by Crippen LogP contribution is 2.36. The van der Waals surface area contributed by atoms with E-state index in [4.69, 9.17) is 0 Å². The second-order valence-corrected chi connectivity index (χ2v) is 5.19. The molecule has 4 nitrogen and oxygen atoms in total. The summed E-state index contributed by atoms with van der Waals surface area (Å²) in [4.78, 5) is 5.73. The number of hydrogen-bond acceptors (Lipinski definition) is 4. The van der Waals surface area contributed by atoms with Crippen molar-refractivity contribution in [2.24, 2.45) is 7.05 Å². The Labute approximate surface area is 97.6 Å². The fourth-order valence-corrected chi connectivity index (χ4v) is 3.16. The van der Waals surface area contributed by atoms with E-state index < -0.39 is 0 Å².